The Bertz CT molecular complexity index is 1350. The maximum atomic E-state index is 7.22. The van der Waals surface area contributed by atoms with Gasteiger partial charge in [0, 0.05) is 46.2 Å². The lowest BCUT2D eigenvalue weighted by atomic mass is 10.0. The third-order valence-corrected chi connectivity index (χ3v) is 16.9. The lowest BCUT2D eigenvalue weighted by Gasteiger charge is -2.43. The molecule has 15 atom stereocenters. The van der Waals surface area contributed by atoms with Crippen molar-refractivity contribution in [1.29, 1.82) is 0 Å². The molecule has 0 radical (unpaired) electrons. The van der Waals surface area contributed by atoms with Crippen molar-refractivity contribution < 1.29 is 46.4 Å². The molecule has 0 N–H and O–H groups in total. The van der Waals surface area contributed by atoms with Gasteiger partial charge < -0.3 is 46.4 Å². The SMILES string of the molecule is C=CCCCOC1OC(COC2OC(COC3OC(CO[Si](c4ccccc4)(c4ccccc4)C(C)(C)C)C(OP)C3C)C(OP)C2C)C(OP)C1C. The Kier molecular flexibility index (Phi) is 16.5. The van der Waals surface area contributed by atoms with E-state index in [4.69, 9.17) is 46.4 Å². The molecule has 2 aromatic carbocycles. The highest BCUT2D eigenvalue weighted by atomic mass is 31.0. The maximum absolute atomic E-state index is 7.22. The summed E-state index contributed by atoms with van der Waals surface area (Å²) < 4.78 is 62.8. The largest absolute Gasteiger partial charge is 0.405 e. The second kappa shape index (κ2) is 20.1. The van der Waals surface area contributed by atoms with E-state index in [0.717, 1.165) is 12.8 Å². The van der Waals surface area contributed by atoms with Gasteiger partial charge in [-0.1, -0.05) is 108 Å². The van der Waals surface area contributed by atoms with Gasteiger partial charge in [0.2, 0.25) is 0 Å². The van der Waals surface area contributed by atoms with E-state index in [1.54, 1.807) is 0 Å². The van der Waals surface area contributed by atoms with E-state index in [1.807, 2.05) is 18.2 Å². The summed E-state index contributed by atoms with van der Waals surface area (Å²) in [6, 6.07) is 21.2. The average Bonchev–Trinajstić information content (AvgIpc) is 3.76. The fraction of sp³-hybridized carbons (Fsp3) is 0.641. The van der Waals surface area contributed by atoms with Crippen molar-refractivity contribution in [3.05, 3.63) is 73.3 Å². The second-order valence-electron chi connectivity index (χ2n) is 15.5. The van der Waals surface area contributed by atoms with Gasteiger partial charge in [0.05, 0.1) is 44.7 Å². The topological polar surface area (TPSA) is 92.3 Å². The molecule has 3 fully saturated rings. The predicted octanol–water partition coefficient (Wildman–Crippen LogP) is 6.19. The number of benzene rings is 2. The van der Waals surface area contributed by atoms with Gasteiger partial charge in [-0.05, 0) is 28.3 Å². The summed E-state index contributed by atoms with van der Waals surface area (Å²) in [4.78, 5) is 0. The van der Waals surface area contributed by atoms with Crippen LogP contribution in [0.1, 0.15) is 54.4 Å². The number of ether oxygens (including phenoxy) is 6. The summed E-state index contributed by atoms with van der Waals surface area (Å²) in [5, 5.41) is 2.26. The molecular formula is C39H61O10P3Si. The highest BCUT2D eigenvalue weighted by Gasteiger charge is 2.53. The van der Waals surface area contributed by atoms with Gasteiger partial charge in [0.15, 0.2) is 18.9 Å². The van der Waals surface area contributed by atoms with Gasteiger partial charge in [-0.25, -0.2) is 0 Å². The van der Waals surface area contributed by atoms with Crippen LogP contribution in [0.15, 0.2) is 73.3 Å². The number of unbranched alkanes of at least 4 members (excludes halogenated alkanes) is 1. The zero-order valence-electron chi connectivity index (χ0n) is 32.0. The Balaban J connectivity index is 1.20. The number of hydrogen-bond donors (Lipinski definition) is 0. The third-order valence-electron chi connectivity index (χ3n) is 10.9. The summed E-state index contributed by atoms with van der Waals surface area (Å²) in [6.45, 7) is 18.3. The van der Waals surface area contributed by atoms with Crippen molar-refractivity contribution in [3.63, 3.8) is 0 Å². The Hall–Kier alpha value is -0.713. The summed E-state index contributed by atoms with van der Waals surface area (Å²) >= 11 is 0. The first-order chi connectivity index (χ1) is 25.5. The van der Waals surface area contributed by atoms with E-state index >= 15 is 0 Å². The fourth-order valence-corrected chi connectivity index (χ4v) is 13.8. The molecule has 3 saturated heterocycles. The minimum absolute atomic E-state index is 0.0388. The van der Waals surface area contributed by atoms with E-state index in [2.05, 4.69) is 125 Å². The Morgan fingerprint density at radius 2 is 1.04 bits per heavy atom. The standard InChI is InChI=1S/C39H61O10P3Si/c1-8-9-16-21-40-36-25(2)33(47-50)30(44-36)22-41-37-26(3)34(48-51)31(45-37)23-42-38-27(4)35(49-52)32(46-38)24-43-53(39(5,6)7,28-17-12-10-13-18-28)29-19-14-11-15-20-29/h8,10-15,17-20,25-27,30-38H,1,9,16,21-24,50-52H2,2-7H3. The van der Waals surface area contributed by atoms with E-state index in [1.165, 1.54) is 10.4 Å². The van der Waals surface area contributed by atoms with Crippen LogP contribution in [-0.4, -0.2) is 90.2 Å². The third kappa shape index (κ3) is 9.88. The Morgan fingerprint density at radius 3 is 1.42 bits per heavy atom. The average molecular weight is 811 g/mol. The quantitative estimate of drug-likeness (QED) is 0.0709. The van der Waals surface area contributed by atoms with Gasteiger partial charge in [-0.15, -0.1) is 6.58 Å². The minimum atomic E-state index is -2.78. The summed E-state index contributed by atoms with van der Waals surface area (Å²) in [5.41, 5.74) is 0. The molecule has 0 aliphatic carbocycles. The van der Waals surface area contributed by atoms with E-state index < -0.39 is 20.9 Å². The minimum Gasteiger partial charge on any atom is -0.405 e. The van der Waals surface area contributed by atoms with Gasteiger partial charge in [0.1, 0.15) is 18.3 Å². The van der Waals surface area contributed by atoms with Crippen molar-refractivity contribution in [2.45, 2.75) is 115 Å². The molecule has 0 saturated carbocycles. The molecule has 296 valence electrons. The predicted molar refractivity (Wildman–Crippen MR) is 218 cm³/mol. The fourth-order valence-electron chi connectivity index (χ4n) is 7.99. The molecule has 53 heavy (non-hydrogen) atoms. The van der Waals surface area contributed by atoms with Crippen LogP contribution < -0.4 is 10.4 Å². The highest BCUT2D eigenvalue weighted by molar-refractivity contribution is 7.10. The lowest BCUT2D eigenvalue weighted by molar-refractivity contribution is -0.208. The molecule has 3 heterocycles. The van der Waals surface area contributed by atoms with E-state index in [0.29, 0.717) is 13.2 Å². The van der Waals surface area contributed by atoms with Crippen LogP contribution in [0.4, 0.5) is 0 Å². The smallest absolute Gasteiger partial charge is 0.261 e. The first kappa shape index (κ1) is 43.4. The molecule has 10 nitrogen and oxygen atoms in total. The normalized spacial score (nSPS) is 33.5. The van der Waals surface area contributed by atoms with Gasteiger partial charge in [-0.2, -0.15) is 0 Å². The Labute approximate surface area is 325 Å². The summed E-state index contributed by atoms with van der Waals surface area (Å²) in [5.74, 6) is -0.102. The molecule has 3 aliphatic heterocycles. The van der Waals surface area contributed by atoms with Crippen LogP contribution in [0.5, 0.6) is 0 Å². The molecule has 0 bridgehead atoms. The zero-order valence-corrected chi connectivity index (χ0v) is 36.5. The molecule has 3 aliphatic rings. The summed E-state index contributed by atoms with van der Waals surface area (Å²) in [6.07, 6.45) is 0.474. The van der Waals surface area contributed by atoms with Crippen LogP contribution >= 0.6 is 28.4 Å². The van der Waals surface area contributed by atoms with Crippen LogP contribution in [-0.2, 0) is 46.4 Å². The van der Waals surface area contributed by atoms with E-state index in [-0.39, 0.29) is 78.9 Å². The number of allylic oxidation sites excluding steroid dienone is 1. The molecule has 14 heteroatoms. The zero-order chi connectivity index (χ0) is 38.2. The molecule has 0 amide bonds. The van der Waals surface area contributed by atoms with Crippen molar-refractivity contribution in [2.75, 3.05) is 26.4 Å². The van der Waals surface area contributed by atoms with Crippen molar-refractivity contribution in [1.82, 2.24) is 0 Å². The van der Waals surface area contributed by atoms with Crippen LogP contribution in [0.25, 0.3) is 0 Å². The van der Waals surface area contributed by atoms with Gasteiger partial charge in [-0.3, -0.25) is 0 Å². The summed E-state index contributed by atoms with van der Waals surface area (Å²) in [7, 11) is 4.38. The molecular weight excluding hydrogens is 749 g/mol. The number of hydrogen-bond acceptors (Lipinski definition) is 10. The van der Waals surface area contributed by atoms with Crippen LogP contribution in [0.3, 0.4) is 0 Å². The second-order valence-corrected chi connectivity index (χ2v) is 20.6. The van der Waals surface area contributed by atoms with Crippen molar-refractivity contribution in [2.24, 2.45) is 17.8 Å². The van der Waals surface area contributed by atoms with Crippen molar-refractivity contribution in [3.8, 4) is 0 Å². The van der Waals surface area contributed by atoms with Crippen LogP contribution in [0, 0.1) is 17.8 Å². The first-order valence-electron chi connectivity index (χ1n) is 18.7. The van der Waals surface area contributed by atoms with Crippen LogP contribution in [0.2, 0.25) is 5.04 Å². The highest BCUT2D eigenvalue weighted by Crippen LogP contribution is 2.40. The lowest BCUT2D eigenvalue weighted by Crippen LogP contribution is -2.67. The van der Waals surface area contributed by atoms with E-state index in [9.17, 15) is 0 Å². The maximum Gasteiger partial charge on any atom is 0.261 e. The van der Waals surface area contributed by atoms with Gasteiger partial charge >= 0.3 is 0 Å². The number of rotatable bonds is 19. The molecule has 15 unspecified atom stereocenters. The first-order valence-corrected chi connectivity index (χ1v) is 22.1. The van der Waals surface area contributed by atoms with Gasteiger partial charge in [0.25, 0.3) is 8.32 Å². The monoisotopic (exact) mass is 810 g/mol. The molecule has 5 rings (SSSR count). The Morgan fingerprint density at radius 1 is 0.642 bits per heavy atom. The molecule has 2 aromatic rings. The molecule has 0 spiro atoms. The molecule has 0 aromatic heterocycles. The van der Waals surface area contributed by atoms with Crippen molar-refractivity contribution >= 4 is 47.1 Å².